The van der Waals surface area contributed by atoms with Crippen LogP contribution in [0, 0.1) is 11.8 Å². The van der Waals surface area contributed by atoms with Crippen LogP contribution < -0.4 is 9.47 Å². The van der Waals surface area contributed by atoms with E-state index in [1.807, 2.05) is 0 Å². The third kappa shape index (κ3) is 14.5. The Kier molecular flexibility index (Phi) is 19.4. The molecular formula is C53H70F4N8O10. The highest BCUT2D eigenvalue weighted by atomic mass is 19.3. The van der Waals surface area contributed by atoms with Crippen LogP contribution in [-0.4, -0.2) is 113 Å². The molecule has 0 aromatic carbocycles. The zero-order chi connectivity index (χ0) is 53.9. The topological polar surface area (TPSA) is 203 Å². The lowest BCUT2D eigenvalue weighted by atomic mass is 9.87. The summed E-state index contributed by atoms with van der Waals surface area (Å²) in [4.78, 5) is 60.5. The fraction of sp³-hybridized carbons (Fsp3) is 0.623. The van der Waals surface area contributed by atoms with E-state index in [-0.39, 0.29) is 78.7 Å². The van der Waals surface area contributed by atoms with E-state index in [1.165, 1.54) is 29.2 Å². The van der Waals surface area contributed by atoms with Gasteiger partial charge in [-0.2, -0.15) is 10.2 Å². The van der Waals surface area contributed by atoms with Gasteiger partial charge in [-0.05, 0) is 115 Å². The fourth-order valence-corrected chi connectivity index (χ4v) is 10.4. The number of carbonyl (C=O) groups is 4. The molecule has 0 aliphatic heterocycles. The van der Waals surface area contributed by atoms with Gasteiger partial charge in [-0.25, -0.2) is 37.1 Å². The van der Waals surface area contributed by atoms with Crippen LogP contribution in [0.1, 0.15) is 152 Å². The average Bonchev–Trinajstić information content (AvgIpc) is 4.25. The van der Waals surface area contributed by atoms with Crippen molar-refractivity contribution in [3.05, 3.63) is 59.4 Å². The molecule has 0 radical (unpaired) electrons. The van der Waals surface area contributed by atoms with Crippen LogP contribution in [0.2, 0.25) is 0 Å². The minimum absolute atomic E-state index is 0.00770. The zero-order valence-electron chi connectivity index (χ0n) is 43.6. The molecule has 0 spiro atoms. The van der Waals surface area contributed by atoms with E-state index >= 15 is 0 Å². The summed E-state index contributed by atoms with van der Waals surface area (Å²) in [5.74, 6) is -2.10. The molecule has 22 heteroatoms. The minimum Gasteiger partial charge on any atom is -0.488 e. The summed E-state index contributed by atoms with van der Waals surface area (Å²) < 4.78 is 87.4. The number of rotatable bonds is 17. The van der Waals surface area contributed by atoms with Gasteiger partial charge < -0.3 is 38.6 Å². The number of hydrogen-bond acceptors (Lipinski definition) is 13. The summed E-state index contributed by atoms with van der Waals surface area (Å²) in [5.41, 5.74) is 1.59. The first-order valence-corrected chi connectivity index (χ1v) is 26.0. The molecule has 4 aliphatic carbocycles. The number of aryl methyl sites for hydroxylation is 2. The lowest BCUT2D eigenvalue weighted by Crippen LogP contribution is -2.35. The molecule has 410 valence electrons. The van der Waals surface area contributed by atoms with Gasteiger partial charge in [0, 0.05) is 51.4 Å². The largest absolute Gasteiger partial charge is 0.488 e. The number of ether oxygens (including phenoxy) is 5. The van der Waals surface area contributed by atoms with Gasteiger partial charge in [0.05, 0.1) is 65.3 Å². The normalized spacial score (nSPS) is 20.2. The molecule has 0 unspecified atom stereocenters. The second-order valence-corrected chi connectivity index (χ2v) is 20.3. The number of carboxylic acids is 1. The maximum atomic E-state index is 14.1. The van der Waals surface area contributed by atoms with Crippen LogP contribution in [0.5, 0.6) is 11.5 Å². The number of pyridine rings is 2. The quantitative estimate of drug-likeness (QED) is 0.0594. The number of alkyl halides is 4. The third-order valence-electron chi connectivity index (χ3n) is 14.7. The second kappa shape index (κ2) is 25.8. The smallest absolute Gasteiger partial charge is 0.410 e. The molecule has 18 nitrogen and oxygen atoms in total. The summed E-state index contributed by atoms with van der Waals surface area (Å²) in [6, 6.07) is 6.42. The van der Waals surface area contributed by atoms with Crippen molar-refractivity contribution in [2.24, 2.45) is 25.9 Å². The standard InChI is InChI=1S/C28H38F2N4O5.C25H32F2N4O5/c1-17(2)38-27(35)18-8-7-11-20(14-18)39-24-13-12-22(32-25(24)26(29)30)21-15-31-34(4)23(21)16-37-28(36)33(3)19-9-5-6-10-19;1-30(16-7-3-4-8-16)25(34)35-14-20-18(13-28-31(20)2)19-10-11-21(22(29-19)23(26)27)36-17-9-5-6-15(12-17)24(32)33/h12-13,15,17-20,26H,5-11,14,16H2,1-4H3;10-11,13,15-17,23H,3-9,12,14H2,1-2H3,(H,32,33)/t18-,20-;15-,17-/m00/s1. The lowest BCUT2D eigenvalue weighted by Gasteiger charge is -2.29. The van der Waals surface area contributed by atoms with Crippen molar-refractivity contribution in [3.8, 4) is 34.0 Å². The molecule has 4 aliphatic rings. The van der Waals surface area contributed by atoms with Crippen LogP contribution in [0.3, 0.4) is 0 Å². The van der Waals surface area contributed by atoms with Crippen molar-refractivity contribution in [1.29, 1.82) is 0 Å². The highest BCUT2D eigenvalue weighted by Crippen LogP contribution is 2.38. The average molecular weight is 1060 g/mol. The molecule has 4 atom stereocenters. The molecule has 4 saturated carbocycles. The van der Waals surface area contributed by atoms with Crippen LogP contribution >= 0.6 is 0 Å². The molecule has 4 fully saturated rings. The van der Waals surface area contributed by atoms with E-state index in [9.17, 15) is 41.8 Å². The Morgan fingerprint density at radius 2 is 1.04 bits per heavy atom. The summed E-state index contributed by atoms with van der Waals surface area (Å²) in [5, 5.41) is 17.7. The molecule has 4 aromatic rings. The van der Waals surface area contributed by atoms with Crippen LogP contribution in [0.15, 0.2) is 36.7 Å². The Morgan fingerprint density at radius 3 is 1.44 bits per heavy atom. The van der Waals surface area contributed by atoms with Crippen molar-refractivity contribution in [2.45, 2.75) is 173 Å². The van der Waals surface area contributed by atoms with Crippen LogP contribution in [-0.2, 0) is 51.1 Å². The molecule has 1 N–H and O–H groups in total. The van der Waals surface area contributed by atoms with Crippen molar-refractivity contribution in [3.63, 3.8) is 0 Å². The maximum Gasteiger partial charge on any atom is 0.410 e. The van der Waals surface area contributed by atoms with Gasteiger partial charge in [0.1, 0.15) is 36.1 Å². The van der Waals surface area contributed by atoms with Crippen molar-refractivity contribution >= 4 is 24.1 Å². The molecule has 75 heavy (non-hydrogen) atoms. The van der Waals surface area contributed by atoms with Crippen molar-refractivity contribution in [2.75, 3.05) is 14.1 Å². The first-order valence-electron chi connectivity index (χ1n) is 26.0. The van der Waals surface area contributed by atoms with Gasteiger partial charge in [-0.15, -0.1) is 0 Å². The van der Waals surface area contributed by atoms with Crippen LogP contribution in [0.25, 0.3) is 22.5 Å². The molecular weight excluding hydrogens is 985 g/mol. The molecule has 0 saturated heterocycles. The number of amides is 2. The predicted octanol–water partition coefficient (Wildman–Crippen LogP) is 10.8. The highest BCUT2D eigenvalue weighted by Gasteiger charge is 2.34. The summed E-state index contributed by atoms with van der Waals surface area (Å²) in [6.45, 7) is 3.44. The Balaban J connectivity index is 0.000000219. The monoisotopic (exact) mass is 1050 g/mol. The molecule has 4 aromatic heterocycles. The Bertz CT molecular complexity index is 2580. The predicted molar refractivity (Wildman–Crippen MR) is 265 cm³/mol. The molecule has 4 heterocycles. The first kappa shape index (κ1) is 56.3. The highest BCUT2D eigenvalue weighted by molar-refractivity contribution is 5.73. The number of halogens is 4. The van der Waals surface area contributed by atoms with E-state index in [4.69, 9.17) is 23.7 Å². The van der Waals surface area contributed by atoms with Gasteiger partial charge in [-0.3, -0.25) is 19.0 Å². The number of carboxylic acid groups (broad SMARTS) is 1. The molecule has 2 amide bonds. The number of nitrogens with zero attached hydrogens (tertiary/aromatic N) is 8. The number of esters is 1. The van der Waals surface area contributed by atoms with Gasteiger partial charge in [-0.1, -0.05) is 25.7 Å². The van der Waals surface area contributed by atoms with Crippen molar-refractivity contribution < 1.29 is 65.5 Å². The number of carbonyl (C=O) groups excluding carboxylic acids is 3. The maximum absolute atomic E-state index is 14.1. The van der Waals surface area contributed by atoms with E-state index in [1.54, 1.807) is 68.7 Å². The zero-order valence-corrected chi connectivity index (χ0v) is 43.6. The number of hydrogen-bond donors (Lipinski definition) is 1. The first-order chi connectivity index (χ1) is 35.9. The SMILES string of the molecule is CC(C)OC(=O)[C@H]1CCC[C@H](Oc2ccc(-c3cnn(C)c3COC(=O)N(C)C3CCCC3)nc2C(F)F)C1.CN(C(=O)OCc1c(-c2ccc(O[C@H]3CCC[C@H](C(=O)O)C3)c(C(F)F)n2)cnn1C)C1CCCC1. The Morgan fingerprint density at radius 1 is 0.627 bits per heavy atom. The molecule has 0 bridgehead atoms. The van der Waals surface area contributed by atoms with Gasteiger partial charge in [0.15, 0.2) is 0 Å². The van der Waals surface area contributed by atoms with E-state index in [0.717, 1.165) is 57.8 Å². The minimum atomic E-state index is -2.89. The summed E-state index contributed by atoms with van der Waals surface area (Å²) in [7, 11) is 6.84. The lowest BCUT2D eigenvalue weighted by molar-refractivity contribution is -0.154. The van der Waals surface area contributed by atoms with Crippen LogP contribution in [0.4, 0.5) is 27.2 Å². The Hall–Kier alpha value is -6.48. The third-order valence-corrected chi connectivity index (χ3v) is 14.7. The number of aromatic nitrogens is 6. The molecule has 8 rings (SSSR count). The fourth-order valence-electron chi connectivity index (χ4n) is 10.4. The van der Waals surface area contributed by atoms with Gasteiger partial charge >= 0.3 is 24.1 Å². The second-order valence-electron chi connectivity index (χ2n) is 20.3. The summed E-state index contributed by atoms with van der Waals surface area (Å²) in [6.07, 6.45) is 8.10. The Labute approximate surface area is 434 Å². The van der Waals surface area contributed by atoms with Crippen molar-refractivity contribution in [1.82, 2.24) is 39.3 Å². The van der Waals surface area contributed by atoms with E-state index < -0.39 is 54.4 Å². The number of aliphatic carboxylic acids is 1. The van der Waals surface area contributed by atoms with E-state index in [0.29, 0.717) is 61.0 Å². The van der Waals surface area contributed by atoms with Gasteiger partial charge in [0.25, 0.3) is 12.9 Å². The van der Waals surface area contributed by atoms with Gasteiger partial charge in [0.2, 0.25) is 0 Å². The van der Waals surface area contributed by atoms with E-state index in [2.05, 4.69) is 20.2 Å². The summed E-state index contributed by atoms with van der Waals surface area (Å²) >= 11 is 0.